The molecule has 2 aliphatic rings. The molecule has 2 fully saturated rings. The molecular formula is C16H24N2OS. The zero-order chi connectivity index (χ0) is 14.1. The molecule has 0 aliphatic carbocycles. The van der Waals surface area contributed by atoms with Gasteiger partial charge in [-0.25, -0.2) is 0 Å². The Labute approximate surface area is 125 Å². The molecule has 2 bridgehead atoms. The van der Waals surface area contributed by atoms with E-state index in [1.165, 1.54) is 17.7 Å². The van der Waals surface area contributed by atoms with Crippen LogP contribution in [0.2, 0.25) is 0 Å². The average Bonchev–Trinajstić information content (AvgIpc) is 3.06. The maximum atomic E-state index is 12.8. The van der Waals surface area contributed by atoms with Gasteiger partial charge in [0.15, 0.2) is 0 Å². The molecule has 20 heavy (non-hydrogen) atoms. The number of carbonyl (C=O) groups is 1. The van der Waals surface area contributed by atoms with Gasteiger partial charge in [-0.2, -0.15) is 0 Å². The first kappa shape index (κ1) is 14.1. The lowest BCUT2D eigenvalue weighted by Gasteiger charge is -2.37. The van der Waals surface area contributed by atoms with Crippen LogP contribution >= 0.6 is 11.3 Å². The minimum atomic E-state index is 0.239. The Balaban J connectivity index is 1.73. The van der Waals surface area contributed by atoms with E-state index >= 15 is 0 Å². The fourth-order valence-electron chi connectivity index (χ4n) is 3.67. The number of rotatable bonds is 4. The number of nitrogens with zero attached hydrogens (tertiary/aromatic N) is 1. The Morgan fingerprint density at radius 2 is 2.00 bits per heavy atom. The third-order valence-electron chi connectivity index (χ3n) is 4.71. The Morgan fingerprint density at radius 1 is 1.30 bits per heavy atom. The molecule has 2 atom stereocenters. The van der Waals surface area contributed by atoms with Gasteiger partial charge in [0, 0.05) is 29.5 Å². The van der Waals surface area contributed by atoms with Crippen LogP contribution in [-0.4, -0.2) is 35.5 Å². The van der Waals surface area contributed by atoms with E-state index in [9.17, 15) is 4.79 Å². The molecule has 3 nitrogen and oxygen atoms in total. The molecule has 2 unspecified atom stereocenters. The van der Waals surface area contributed by atoms with Crippen LogP contribution in [0.25, 0.3) is 0 Å². The maximum absolute atomic E-state index is 12.8. The Morgan fingerprint density at radius 3 is 2.55 bits per heavy atom. The lowest BCUT2D eigenvalue weighted by atomic mass is 9.98. The quantitative estimate of drug-likeness (QED) is 0.925. The zero-order valence-corrected chi connectivity index (χ0v) is 13.2. The third kappa shape index (κ3) is 2.63. The summed E-state index contributed by atoms with van der Waals surface area (Å²) in [5, 5.41) is 3.66. The lowest BCUT2D eigenvalue weighted by molar-refractivity contribution is 0.0636. The Hall–Kier alpha value is -0.870. The molecule has 2 saturated heterocycles. The van der Waals surface area contributed by atoms with Gasteiger partial charge in [0.05, 0.1) is 4.88 Å². The topological polar surface area (TPSA) is 32.3 Å². The van der Waals surface area contributed by atoms with Crippen molar-refractivity contribution in [2.75, 3.05) is 6.54 Å². The highest BCUT2D eigenvalue weighted by Gasteiger charge is 2.37. The molecule has 2 aliphatic heterocycles. The summed E-state index contributed by atoms with van der Waals surface area (Å²) in [5.74, 6) is 0.239. The Bertz CT molecular complexity index is 473. The van der Waals surface area contributed by atoms with Crippen LogP contribution in [0.1, 0.15) is 54.1 Å². The first-order valence-electron chi connectivity index (χ1n) is 7.87. The van der Waals surface area contributed by atoms with E-state index in [0.717, 1.165) is 30.7 Å². The highest BCUT2D eigenvalue weighted by atomic mass is 32.1. The fraction of sp³-hybridized carbons (Fsp3) is 0.688. The number of nitrogens with one attached hydrogen (secondary N) is 1. The standard InChI is InChI=1S/C16H24N2OS/c1-3-14-7-8-15(20-14)16(19)18(4-2)13-9-11-5-6-12(10-13)17-11/h7-8,11-13,17H,3-6,9-10H2,1-2H3. The van der Waals surface area contributed by atoms with Crippen molar-refractivity contribution in [1.29, 1.82) is 0 Å². The smallest absolute Gasteiger partial charge is 0.264 e. The lowest BCUT2D eigenvalue weighted by Crippen LogP contribution is -2.50. The van der Waals surface area contributed by atoms with Gasteiger partial charge in [-0.1, -0.05) is 6.92 Å². The predicted octanol–water partition coefficient (Wildman–Crippen LogP) is 3.06. The van der Waals surface area contributed by atoms with Crippen molar-refractivity contribution in [3.05, 3.63) is 21.9 Å². The normalized spacial score (nSPS) is 28.6. The van der Waals surface area contributed by atoms with Gasteiger partial charge in [0.1, 0.15) is 0 Å². The summed E-state index contributed by atoms with van der Waals surface area (Å²) in [6.07, 6.45) is 5.84. The second-order valence-corrected chi connectivity index (χ2v) is 7.14. The fourth-order valence-corrected chi connectivity index (χ4v) is 4.58. The highest BCUT2D eigenvalue weighted by molar-refractivity contribution is 7.14. The molecule has 1 aromatic rings. The molecular weight excluding hydrogens is 268 g/mol. The second kappa shape index (κ2) is 5.86. The van der Waals surface area contributed by atoms with Crippen molar-refractivity contribution in [2.24, 2.45) is 0 Å². The summed E-state index contributed by atoms with van der Waals surface area (Å²) in [6, 6.07) is 5.80. The number of amides is 1. The van der Waals surface area contributed by atoms with Crippen LogP contribution in [0.3, 0.4) is 0 Å². The first-order chi connectivity index (χ1) is 9.71. The van der Waals surface area contributed by atoms with E-state index in [2.05, 4.69) is 30.1 Å². The van der Waals surface area contributed by atoms with E-state index in [1.54, 1.807) is 11.3 Å². The van der Waals surface area contributed by atoms with Gasteiger partial charge in [-0.05, 0) is 51.2 Å². The van der Waals surface area contributed by atoms with Crippen molar-refractivity contribution in [3.63, 3.8) is 0 Å². The van der Waals surface area contributed by atoms with Gasteiger partial charge in [-0.15, -0.1) is 11.3 Å². The van der Waals surface area contributed by atoms with Crippen LogP contribution in [0.5, 0.6) is 0 Å². The number of thiophene rings is 1. The molecule has 110 valence electrons. The molecule has 0 aromatic carbocycles. The monoisotopic (exact) mass is 292 g/mol. The minimum Gasteiger partial charge on any atom is -0.335 e. The van der Waals surface area contributed by atoms with E-state index in [-0.39, 0.29) is 5.91 Å². The van der Waals surface area contributed by atoms with Crippen LogP contribution in [-0.2, 0) is 6.42 Å². The summed E-state index contributed by atoms with van der Waals surface area (Å²) in [5.41, 5.74) is 0. The van der Waals surface area contributed by atoms with Crippen LogP contribution in [0, 0.1) is 0 Å². The molecule has 1 amide bonds. The van der Waals surface area contributed by atoms with E-state index in [0.29, 0.717) is 18.1 Å². The molecule has 4 heteroatoms. The van der Waals surface area contributed by atoms with E-state index in [1.807, 2.05) is 6.07 Å². The number of piperidine rings is 1. The number of aryl methyl sites for hydroxylation is 1. The number of fused-ring (bicyclic) bond motifs is 2. The van der Waals surface area contributed by atoms with Gasteiger partial charge >= 0.3 is 0 Å². The predicted molar refractivity (Wildman–Crippen MR) is 83.4 cm³/mol. The van der Waals surface area contributed by atoms with Crippen molar-refractivity contribution >= 4 is 17.2 Å². The number of hydrogen-bond donors (Lipinski definition) is 1. The van der Waals surface area contributed by atoms with Crippen LogP contribution < -0.4 is 5.32 Å². The summed E-state index contributed by atoms with van der Waals surface area (Å²) in [6.45, 7) is 5.07. The van der Waals surface area contributed by atoms with Crippen molar-refractivity contribution in [1.82, 2.24) is 10.2 Å². The number of carbonyl (C=O) groups excluding carboxylic acids is 1. The van der Waals surface area contributed by atoms with Gasteiger partial charge < -0.3 is 10.2 Å². The number of hydrogen-bond acceptors (Lipinski definition) is 3. The minimum absolute atomic E-state index is 0.239. The second-order valence-electron chi connectivity index (χ2n) is 5.97. The summed E-state index contributed by atoms with van der Waals surface area (Å²) >= 11 is 1.66. The van der Waals surface area contributed by atoms with Gasteiger partial charge in [-0.3, -0.25) is 4.79 Å². The first-order valence-corrected chi connectivity index (χ1v) is 8.68. The summed E-state index contributed by atoms with van der Waals surface area (Å²) in [4.78, 5) is 17.1. The van der Waals surface area contributed by atoms with E-state index in [4.69, 9.17) is 0 Å². The largest absolute Gasteiger partial charge is 0.335 e. The highest BCUT2D eigenvalue weighted by Crippen LogP contribution is 2.31. The molecule has 3 heterocycles. The van der Waals surface area contributed by atoms with Crippen molar-refractivity contribution < 1.29 is 4.79 Å². The van der Waals surface area contributed by atoms with Crippen molar-refractivity contribution in [3.8, 4) is 0 Å². The molecule has 0 saturated carbocycles. The Kier molecular flexibility index (Phi) is 4.13. The van der Waals surface area contributed by atoms with Crippen LogP contribution in [0.15, 0.2) is 12.1 Å². The van der Waals surface area contributed by atoms with Gasteiger partial charge in [0.25, 0.3) is 5.91 Å². The molecule has 1 aromatic heterocycles. The summed E-state index contributed by atoms with van der Waals surface area (Å²) in [7, 11) is 0. The van der Waals surface area contributed by atoms with E-state index < -0.39 is 0 Å². The molecule has 1 N–H and O–H groups in total. The molecule has 3 rings (SSSR count). The zero-order valence-electron chi connectivity index (χ0n) is 12.4. The summed E-state index contributed by atoms with van der Waals surface area (Å²) < 4.78 is 0. The average molecular weight is 292 g/mol. The maximum Gasteiger partial charge on any atom is 0.264 e. The van der Waals surface area contributed by atoms with Crippen LogP contribution in [0.4, 0.5) is 0 Å². The SMILES string of the molecule is CCc1ccc(C(=O)N(CC)C2CC3CCC(C2)N3)s1. The van der Waals surface area contributed by atoms with Crippen molar-refractivity contribution in [2.45, 2.75) is 64.1 Å². The molecule has 0 radical (unpaired) electrons. The third-order valence-corrected chi connectivity index (χ3v) is 5.93. The molecule has 0 spiro atoms. The van der Waals surface area contributed by atoms with Gasteiger partial charge in [0.2, 0.25) is 0 Å².